The molecule has 5 nitrogen and oxygen atoms in total. The molecule has 1 atom stereocenters. The zero-order valence-corrected chi connectivity index (χ0v) is 14.1. The number of rotatable bonds is 4. The predicted molar refractivity (Wildman–Crippen MR) is 91.0 cm³/mol. The van der Waals surface area contributed by atoms with E-state index >= 15 is 0 Å². The van der Waals surface area contributed by atoms with Crippen molar-refractivity contribution < 1.29 is 9.59 Å². The number of nitriles is 1. The molecule has 0 spiro atoms. The molecule has 2 N–H and O–H groups in total. The highest BCUT2D eigenvalue weighted by Gasteiger charge is 2.17. The second-order valence-electron chi connectivity index (χ2n) is 4.88. The van der Waals surface area contributed by atoms with Crippen LogP contribution in [0.2, 0.25) is 5.02 Å². The molecule has 1 heterocycles. The van der Waals surface area contributed by atoms with E-state index in [0.29, 0.717) is 20.5 Å². The summed E-state index contributed by atoms with van der Waals surface area (Å²) in [6, 6.07) is 9.81. The summed E-state index contributed by atoms with van der Waals surface area (Å²) >= 11 is 7.15. The van der Waals surface area contributed by atoms with Crippen molar-refractivity contribution in [2.24, 2.45) is 0 Å². The minimum atomic E-state index is -0.579. The minimum absolute atomic E-state index is 0.334. The van der Waals surface area contributed by atoms with Crippen molar-refractivity contribution in [3.8, 4) is 6.07 Å². The van der Waals surface area contributed by atoms with Gasteiger partial charge in [0, 0.05) is 0 Å². The second-order valence-corrected chi connectivity index (χ2v) is 6.34. The molecule has 2 rings (SSSR count). The third kappa shape index (κ3) is 4.09. The van der Waals surface area contributed by atoms with E-state index in [9.17, 15) is 9.59 Å². The van der Waals surface area contributed by atoms with Crippen molar-refractivity contribution in [3.63, 3.8) is 0 Å². The largest absolute Gasteiger partial charge is 0.336 e. The summed E-state index contributed by atoms with van der Waals surface area (Å²) < 4.78 is 0. The number of hydrogen-bond acceptors (Lipinski definition) is 4. The minimum Gasteiger partial charge on any atom is -0.336 e. The molecule has 0 fully saturated rings. The number of nitrogens with one attached hydrogen (secondary N) is 2. The molecule has 0 bridgehead atoms. The maximum absolute atomic E-state index is 12.2. The highest BCUT2D eigenvalue weighted by molar-refractivity contribution is 7.18. The van der Waals surface area contributed by atoms with E-state index in [1.165, 1.54) is 0 Å². The van der Waals surface area contributed by atoms with Crippen LogP contribution in [0, 0.1) is 18.3 Å². The fourth-order valence-electron chi connectivity index (χ4n) is 1.89. The Morgan fingerprint density at radius 2 is 2.00 bits per heavy atom. The van der Waals surface area contributed by atoms with Crippen LogP contribution in [0.15, 0.2) is 30.3 Å². The summed E-state index contributed by atoms with van der Waals surface area (Å²) in [7, 11) is 0. The van der Waals surface area contributed by atoms with E-state index < -0.39 is 6.04 Å². The fourth-order valence-corrected chi connectivity index (χ4v) is 3.08. The van der Waals surface area contributed by atoms with Crippen molar-refractivity contribution in [3.05, 3.63) is 51.4 Å². The summed E-state index contributed by atoms with van der Waals surface area (Å²) in [6.45, 7) is 3.37. The van der Waals surface area contributed by atoms with E-state index in [0.717, 1.165) is 16.9 Å². The molecule has 0 aliphatic rings. The summed E-state index contributed by atoms with van der Waals surface area (Å²) in [5.74, 6) is -0.672. The summed E-state index contributed by atoms with van der Waals surface area (Å²) in [5, 5.41) is 15.0. The maximum atomic E-state index is 12.2. The van der Waals surface area contributed by atoms with Gasteiger partial charge in [0.15, 0.2) is 0 Å². The average molecular weight is 348 g/mol. The van der Waals surface area contributed by atoms with Gasteiger partial charge < -0.3 is 10.6 Å². The van der Waals surface area contributed by atoms with Gasteiger partial charge in [-0.25, -0.2) is 0 Å². The van der Waals surface area contributed by atoms with Gasteiger partial charge in [-0.15, -0.1) is 11.3 Å². The lowest BCUT2D eigenvalue weighted by molar-refractivity contribution is 0.0950. The Morgan fingerprint density at radius 3 is 2.65 bits per heavy atom. The van der Waals surface area contributed by atoms with Crippen LogP contribution in [0.3, 0.4) is 0 Å². The number of nitrogens with zero attached hydrogens (tertiary/aromatic N) is 1. The number of aryl methyl sites for hydroxylation is 1. The van der Waals surface area contributed by atoms with Crippen LogP contribution in [0.4, 0.5) is 5.00 Å². The highest BCUT2D eigenvalue weighted by atomic mass is 35.5. The van der Waals surface area contributed by atoms with Gasteiger partial charge >= 0.3 is 0 Å². The number of thiophene rings is 1. The smallest absolute Gasteiger partial charge is 0.262 e. The molecule has 0 aliphatic heterocycles. The van der Waals surface area contributed by atoms with E-state index in [4.69, 9.17) is 16.9 Å². The van der Waals surface area contributed by atoms with Gasteiger partial charge in [-0.3, -0.25) is 9.59 Å². The monoisotopic (exact) mass is 347 g/mol. The van der Waals surface area contributed by atoms with Gasteiger partial charge in [-0.05, 0) is 37.6 Å². The van der Waals surface area contributed by atoms with Gasteiger partial charge in [-0.2, -0.15) is 5.26 Å². The first-order valence-electron chi connectivity index (χ1n) is 6.79. The van der Waals surface area contributed by atoms with Crippen molar-refractivity contribution >= 4 is 39.8 Å². The molecule has 0 saturated carbocycles. The standard InChI is InChI=1S/C16H14ClN3O2S/c1-9-7-13(23-14(9)16(22)19-10(2)8-18)20-15(21)11-5-3-4-6-12(11)17/h3-7,10H,1-2H3,(H,19,22)(H,20,21). The summed E-state index contributed by atoms with van der Waals surface area (Å²) in [5.41, 5.74) is 1.09. The van der Waals surface area contributed by atoms with Gasteiger partial charge in [0.05, 0.1) is 26.5 Å². The molecule has 0 saturated heterocycles. The van der Waals surface area contributed by atoms with Crippen LogP contribution in [-0.4, -0.2) is 17.9 Å². The SMILES string of the molecule is Cc1cc(NC(=O)c2ccccc2Cl)sc1C(=O)NC(C)C#N. The molecule has 1 unspecified atom stereocenters. The van der Waals surface area contributed by atoms with E-state index in [2.05, 4.69) is 10.6 Å². The predicted octanol–water partition coefficient (Wildman–Crippen LogP) is 3.60. The summed E-state index contributed by atoms with van der Waals surface area (Å²) in [4.78, 5) is 24.7. The molecule has 0 aliphatic carbocycles. The molecule has 1 aromatic carbocycles. The Balaban J connectivity index is 2.15. The number of carbonyl (C=O) groups is 2. The number of carbonyl (C=O) groups excluding carboxylic acids is 2. The third-order valence-corrected chi connectivity index (χ3v) is 4.50. The molecule has 0 radical (unpaired) electrons. The van der Waals surface area contributed by atoms with Gasteiger partial charge in [0.2, 0.25) is 0 Å². The van der Waals surface area contributed by atoms with Gasteiger partial charge in [0.1, 0.15) is 6.04 Å². The Bertz CT molecular complexity index is 795. The van der Waals surface area contributed by atoms with Crippen LogP contribution >= 0.6 is 22.9 Å². The lowest BCUT2D eigenvalue weighted by atomic mass is 10.2. The zero-order valence-electron chi connectivity index (χ0n) is 12.5. The number of hydrogen-bond donors (Lipinski definition) is 2. The Hall–Kier alpha value is -2.36. The maximum Gasteiger partial charge on any atom is 0.262 e. The topological polar surface area (TPSA) is 82.0 Å². The van der Waals surface area contributed by atoms with Crippen molar-refractivity contribution in [1.29, 1.82) is 5.26 Å². The van der Waals surface area contributed by atoms with Crippen LogP contribution in [0.25, 0.3) is 0 Å². The molecule has 23 heavy (non-hydrogen) atoms. The Kier molecular flexibility index (Phi) is 5.37. The molecule has 2 aromatic rings. The van der Waals surface area contributed by atoms with Crippen LogP contribution in [-0.2, 0) is 0 Å². The van der Waals surface area contributed by atoms with Gasteiger partial charge in [-0.1, -0.05) is 23.7 Å². The Labute approximate surface area is 142 Å². The summed E-state index contributed by atoms with van der Waals surface area (Å²) in [6.07, 6.45) is 0. The number of amides is 2. The highest BCUT2D eigenvalue weighted by Crippen LogP contribution is 2.27. The van der Waals surface area contributed by atoms with E-state index in [1.54, 1.807) is 44.2 Å². The Morgan fingerprint density at radius 1 is 1.30 bits per heavy atom. The molecular formula is C16H14ClN3O2S. The second kappa shape index (κ2) is 7.27. The zero-order chi connectivity index (χ0) is 17.0. The van der Waals surface area contributed by atoms with E-state index in [-0.39, 0.29) is 11.8 Å². The first kappa shape index (κ1) is 17.0. The quantitative estimate of drug-likeness (QED) is 0.886. The molecule has 1 aromatic heterocycles. The average Bonchev–Trinajstić information content (AvgIpc) is 2.88. The molecule has 7 heteroatoms. The molecule has 118 valence electrons. The van der Waals surface area contributed by atoms with Crippen LogP contribution < -0.4 is 10.6 Å². The van der Waals surface area contributed by atoms with Crippen molar-refractivity contribution in [1.82, 2.24) is 5.32 Å². The van der Waals surface area contributed by atoms with E-state index in [1.807, 2.05) is 6.07 Å². The van der Waals surface area contributed by atoms with Crippen LogP contribution in [0.5, 0.6) is 0 Å². The van der Waals surface area contributed by atoms with Crippen molar-refractivity contribution in [2.45, 2.75) is 19.9 Å². The first-order chi connectivity index (χ1) is 10.9. The lowest BCUT2D eigenvalue weighted by Gasteiger charge is -2.05. The lowest BCUT2D eigenvalue weighted by Crippen LogP contribution is -2.31. The molecular weight excluding hydrogens is 334 g/mol. The number of halogens is 1. The van der Waals surface area contributed by atoms with Crippen molar-refractivity contribution in [2.75, 3.05) is 5.32 Å². The van der Waals surface area contributed by atoms with Gasteiger partial charge in [0.25, 0.3) is 11.8 Å². The normalized spacial score (nSPS) is 11.4. The van der Waals surface area contributed by atoms with Crippen LogP contribution in [0.1, 0.15) is 32.5 Å². The number of anilines is 1. The number of benzene rings is 1. The molecule has 2 amide bonds. The third-order valence-electron chi connectivity index (χ3n) is 3.02. The fraction of sp³-hybridized carbons (Fsp3) is 0.188. The first-order valence-corrected chi connectivity index (χ1v) is 7.98.